The van der Waals surface area contributed by atoms with Gasteiger partial charge in [-0.2, -0.15) is 0 Å². The fourth-order valence-electron chi connectivity index (χ4n) is 2.92. The highest BCUT2D eigenvalue weighted by Crippen LogP contribution is 2.36. The summed E-state index contributed by atoms with van der Waals surface area (Å²) in [4.78, 5) is -0.0748. The summed E-state index contributed by atoms with van der Waals surface area (Å²) < 4.78 is 22.9. The van der Waals surface area contributed by atoms with Gasteiger partial charge < -0.3 is 16.2 Å². The minimum atomic E-state index is -3.83. The summed E-state index contributed by atoms with van der Waals surface area (Å²) >= 11 is 0. The number of hydrogen-bond acceptors (Lipinski definition) is 5. The standard InChI is InChI=1S/C14H23N3O3S/c15-13-11(5-4-6-12(13)21(16,19)20)17-9-14(10-18)7-2-1-3-8-14/h4-6,17-18H,1-3,7-10,15H2,(H2,16,19,20). The Bertz CT molecular complexity index is 595. The van der Waals surface area contributed by atoms with Crippen LogP contribution in [-0.2, 0) is 10.0 Å². The average Bonchev–Trinajstić information content (AvgIpc) is 2.46. The third-order valence-corrected chi connectivity index (χ3v) is 5.25. The first-order chi connectivity index (χ1) is 9.88. The molecule has 0 aliphatic heterocycles. The van der Waals surface area contributed by atoms with Gasteiger partial charge in [0.1, 0.15) is 4.90 Å². The van der Waals surface area contributed by atoms with Crippen LogP contribution in [0.1, 0.15) is 32.1 Å². The van der Waals surface area contributed by atoms with Crippen LogP contribution >= 0.6 is 0 Å². The highest BCUT2D eigenvalue weighted by atomic mass is 32.2. The second kappa shape index (κ2) is 6.21. The zero-order valence-corrected chi connectivity index (χ0v) is 12.8. The molecule has 0 saturated heterocycles. The maximum atomic E-state index is 11.5. The fraction of sp³-hybridized carbons (Fsp3) is 0.571. The Hall–Kier alpha value is -1.31. The number of hydrogen-bond donors (Lipinski definition) is 4. The SMILES string of the molecule is Nc1c(NCC2(CO)CCCCC2)cccc1S(N)(=O)=O. The first-order valence-electron chi connectivity index (χ1n) is 7.14. The van der Waals surface area contributed by atoms with E-state index >= 15 is 0 Å². The molecular weight excluding hydrogens is 290 g/mol. The van der Waals surface area contributed by atoms with Gasteiger partial charge in [-0.05, 0) is 25.0 Å². The molecule has 6 N–H and O–H groups in total. The highest BCUT2D eigenvalue weighted by Gasteiger charge is 2.31. The van der Waals surface area contributed by atoms with Gasteiger partial charge in [-0.1, -0.05) is 25.3 Å². The molecule has 118 valence electrons. The van der Waals surface area contributed by atoms with Crippen molar-refractivity contribution in [1.29, 1.82) is 0 Å². The van der Waals surface area contributed by atoms with Crippen LogP contribution in [0.3, 0.4) is 0 Å². The molecule has 1 aliphatic rings. The lowest BCUT2D eigenvalue weighted by molar-refractivity contribution is 0.0944. The highest BCUT2D eigenvalue weighted by molar-refractivity contribution is 7.89. The lowest BCUT2D eigenvalue weighted by Crippen LogP contribution is -2.35. The third kappa shape index (κ3) is 3.66. The van der Waals surface area contributed by atoms with Gasteiger partial charge in [0, 0.05) is 12.0 Å². The molecule has 6 nitrogen and oxygen atoms in total. The zero-order valence-electron chi connectivity index (χ0n) is 12.0. The molecule has 2 rings (SSSR count). The summed E-state index contributed by atoms with van der Waals surface area (Å²) in [5.74, 6) is 0. The van der Waals surface area contributed by atoms with Crippen LogP contribution < -0.4 is 16.2 Å². The van der Waals surface area contributed by atoms with Crippen molar-refractivity contribution < 1.29 is 13.5 Å². The molecule has 1 saturated carbocycles. The van der Waals surface area contributed by atoms with Gasteiger partial charge >= 0.3 is 0 Å². The Balaban J connectivity index is 2.17. The number of sulfonamides is 1. The normalized spacial score (nSPS) is 18.4. The minimum absolute atomic E-state index is 0.0748. The number of aliphatic hydroxyl groups excluding tert-OH is 1. The first kappa shape index (κ1) is 16.1. The third-order valence-electron chi connectivity index (χ3n) is 4.28. The number of nitrogens with one attached hydrogen (secondary N) is 1. The predicted octanol–water partition coefficient (Wildman–Crippen LogP) is 1.27. The van der Waals surface area contributed by atoms with Gasteiger partial charge in [-0.25, -0.2) is 13.6 Å². The molecule has 1 aromatic rings. The molecule has 7 heteroatoms. The van der Waals surface area contributed by atoms with E-state index < -0.39 is 10.0 Å². The Labute approximate surface area is 125 Å². The van der Waals surface area contributed by atoms with Gasteiger partial charge in [-0.3, -0.25) is 0 Å². The summed E-state index contributed by atoms with van der Waals surface area (Å²) in [5, 5.41) is 18.0. The van der Waals surface area contributed by atoms with Crippen LogP contribution in [-0.4, -0.2) is 26.7 Å². The number of benzene rings is 1. The largest absolute Gasteiger partial charge is 0.396 e. The van der Waals surface area contributed by atoms with E-state index in [4.69, 9.17) is 10.9 Å². The van der Waals surface area contributed by atoms with Crippen LogP contribution in [0, 0.1) is 5.41 Å². The molecule has 0 unspecified atom stereocenters. The van der Waals surface area contributed by atoms with Gasteiger partial charge in [0.2, 0.25) is 10.0 Å². The molecule has 21 heavy (non-hydrogen) atoms. The minimum Gasteiger partial charge on any atom is -0.396 e. The van der Waals surface area contributed by atoms with Crippen LogP contribution in [0.4, 0.5) is 11.4 Å². The van der Waals surface area contributed by atoms with Crippen LogP contribution in [0.5, 0.6) is 0 Å². The first-order valence-corrected chi connectivity index (χ1v) is 8.69. The maximum absolute atomic E-state index is 11.5. The van der Waals surface area contributed by atoms with E-state index in [1.807, 2.05) is 0 Å². The van der Waals surface area contributed by atoms with E-state index in [2.05, 4.69) is 5.32 Å². The molecule has 0 bridgehead atoms. The van der Waals surface area contributed by atoms with E-state index in [1.54, 1.807) is 12.1 Å². The second-order valence-corrected chi connectivity index (χ2v) is 7.36. The van der Waals surface area contributed by atoms with E-state index in [0.717, 1.165) is 25.7 Å². The molecule has 1 fully saturated rings. The van der Waals surface area contributed by atoms with Crippen molar-refractivity contribution in [3.05, 3.63) is 18.2 Å². The Kier molecular flexibility index (Phi) is 4.75. The van der Waals surface area contributed by atoms with Crippen LogP contribution in [0.15, 0.2) is 23.1 Å². The van der Waals surface area contributed by atoms with Crippen molar-refractivity contribution in [2.45, 2.75) is 37.0 Å². The number of anilines is 2. The number of rotatable bonds is 5. The Morgan fingerprint density at radius 1 is 1.24 bits per heavy atom. The molecule has 0 heterocycles. The maximum Gasteiger partial charge on any atom is 0.240 e. The van der Waals surface area contributed by atoms with Crippen LogP contribution in [0.2, 0.25) is 0 Å². The van der Waals surface area contributed by atoms with Gasteiger partial charge in [0.15, 0.2) is 0 Å². The lowest BCUT2D eigenvalue weighted by atomic mass is 9.74. The van der Waals surface area contributed by atoms with Crippen molar-refractivity contribution in [2.75, 3.05) is 24.2 Å². The number of primary sulfonamides is 1. The topological polar surface area (TPSA) is 118 Å². The van der Waals surface area contributed by atoms with Gasteiger partial charge in [0.05, 0.1) is 18.0 Å². The zero-order chi connectivity index (χ0) is 15.5. The quantitative estimate of drug-likeness (QED) is 0.610. The molecule has 1 aromatic carbocycles. The fourth-order valence-corrected chi connectivity index (χ4v) is 3.61. The van der Waals surface area contributed by atoms with E-state index in [1.165, 1.54) is 12.5 Å². The molecule has 0 spiro atoms. The summed E-state index contributed by atoms with van der Waals surface area (Å²) in [5.41, 5.74) is 6.41. The Morgan fingerprint density at radius 2 is 1.90 bits per heavy atom. The van der Waals surface area contributed by atoms with Crippen molar-refractivity contribution in [1.82, 2.24) is 0 Å². The van der Waals surface area contributed by atoms with Gasteiger partial charge in [-0.15, -0.1) is 0 Å². The summed E-state index contributed by atoms with van der Waals surface area (Å²) in [6.45, 7) is 0.691. The van der Waals surface area contributed by atoms with E-state index in [-0.39, 0.29) is 22.6 Å². The number of nitrogens with two attached hydrogens (primary N) is 2. The van der Waals surface area contributed by atoms with Crippen molar-refractivity contribution in [3.8, 4) is 0 Å². The molecule has 0 aromatic heterocycles. The smallest absolute Gasteiger partial charge is 0.240 e. The van der Waals surface area contributed by atoms with Crippen molar-refractivity contribution in [2.24, 2.45) is 10.6 Å². The van der Waals surface area contributed by atoms with Crippen LogP contribution in [0.25, 0.3) is 0 Å². The molecule has 0 atom stereocenters. The molecule has 0 radical (unpaired) electrons. The average molecular weight is 313 g/mol. The summed E-state index contributed by atoms with van der Waals surface area (Å²) in [6.07, 6.45) is 5.34. The Morgan fingerprint density at radius 3 is 2.48 bits per heavy atom. The molecular formula is C14H23N3O3S. The number of aliphatic hydroxyl groups is 1. The monoisotopic (exact) mass is 313 g/mol. The summed E-state index contributed by atoms with van der Waals surface area (Å²) in [6, 6.07) is 4.71. The predicted molar refractivity (Wildman–Crippen MR) is 83.3 cm³/mol. The lowest BCUT2D eigenvalue weighted by Gasteiger charge is -2.36. The summed E-state index contributed by atoms with van der Waals surface area (Å²) in [7, 11) is -3.83. The van der Waals surface area contributed by atoms with Gasteiger partial charge in [0.25, 0.3) is 0 Å². The van der Waals surface area contributed by atoms with E-state index in [0.29, 0.717) is 12.2 Å². The van der Waals surface area contributed by atoms with Crippen molar-refractivity contribution >= 4 is 21.4 Å². The second-order valence-electron chi connectivity index (χ2n) is 5.83. The molecule has 1 aliphatic carbocycles. The van der Waals surface area contributed by atoms with E-state index in [9.17, 15) is 13.5 Å². The number of nitrogen functional groups attached to an aromatic ring is 1. The molecule has 0 amide bonds. The van der Waals surface area contributed by atoms with Crippen molar-refractivity contribution in [3.63, 3.8) is 0 Å². The number of para-hydroxylation sites is 1.